The molecule has 0 spiro atoms. The van der Waals surface area contributed by atoms with Crippen LogP contribution in [0.4, 0.5) is 17.1 Å². The first-order valence-corrected chi connectivity index (χ1v) is 6.75. The summed E-state index contributed by atoms with van der Waals surface area (Å²) < 4.78 is 5.57. The van der Waals surface area contributed by atoms with Crippen molar-refractivity contribution in [2.24, 2.45) is 0 Å². The van der Waals surface area contributed by atoms with E-state index in [2.05, 4.69) is 17.1 Å². The molecule has 0 aliphatic carbocycles. The highest BCUT2D eigenvalue weighted by Crippen LogP contribution is 2.32. The largest absolute Gasteiger partial charge is 0.388 e. The normalized spacial score (nSPS) is 22.6. The van der Waals surface area contributed by atoms with E-state index < -0.39 is 0 Å². The number of methoxy groups -OCH3 is 1. The molecule has 0 aromatic heterocycles. The fraction of sp³-hybridized carbons (Fsp3) is 0.571. The van der Waals surface area contributed by atoms with Crippen LogP contribution in [0.15, 0.2) is 18.2 Å². The van der Waals surface area contributed by atoms with Gasteiger partial charge in [-0.2, -0.15) is 0 Å². The average molecular weight is 279 g/mol. The first-order valence-electron chi connectivity index (χ1n) is 6.75. The molecule has 0 radical (unpaired) electrons. The fourth-order valence-corrected chi connectivity index (χ4v) is 2.62. The molecular weight excluding hydrogens is 258 g/mol. The molecule has 1 N–H and O–H groups in total. The Labute approximate surface area is 118 Å². The molecule has 1 atom stereocenters. The van der Waals surface area contributed by atoms with Gasteiger partial charge in [-0.3, -0.25) is 10.1 Å². The van der Waals surface area contributed by atoms with E-state index in [1.807, 2.05) is 6.07 Å². The molecule has 2 rings (SSSR count). The smallest absolute Gasteiger partial charge is 0.273 e. The van der Waals surface area contributed by atoms with Gasteiger partial charge in [-0.15, -0.1) is 0 Å². The zero-order chi connectivity index (χ0) is 14.8. The summed E-state index contributed by atoms with van der Waals surface area (Å²) in [7, 11) is 3.48. The predicted molar refractivity (Wildman–Crippen MR) is 79.5 cm³/mol. The minimum atomic E-state index is -0.357. The molecule has 1 fully saturated rings. The third-order valence-corrected chi connectivity index (χ3v) is 3.92. The fourth-order valence-electron chi connectivity index (χ4n) is 2.62. The molecular formula is C14H21N3O3. The third-order valence-electron chi connectivity index (χ3n) is 3.92. The quantitative estimate of drug-likeness (QED) is 0.678. The number of nitro groups is 1. The van der Waals surface area contributed by atoms with Gasteiger partial charge in [0.05, 0.1) is 10.5 Å². The third kappa shape index (κ3) is 3.01. The number of non-ortho nitro benzene ring substituents is 1. The molecule has 20 heavy (non-hydrogen) atoms. The Balaban J connectivity index is 2.31. The van der Waals surface area contributed by atoms with Crippen molar-refractivity contribution < 1.29 is 9.66 Å². The van der Waals surface area contributed by atoms with Gasteiger partial charge in [0.2, 0.25) is 0 Å². The van der Waals surface area contributed by atoms with Gasteiger partial charge in [-0.25, -0.2) is 0 Å². The lowest BCUT2D eigenvalue weighted by molar-refractivity contribution is -0.384. The molecule has 1 saturated heterocycles. The Morgan fingerprint density at radius 2 is 2.20 bits per heavy atom. The summed E-state index contributed by atoms with van der Waals surface area (Å²) in [6.07, 6.45) is 2.02. The van der Waals surface area contributed by atoms with Crippen molar-refractivity contribution in [3.8, 4) is 0 Å². The number of anilines is 2. The highest BCUT2D eigenvalue weighted by molar-refractivity contribution is 5.64. The van der Waals surface area contributed by atoms with E-state index >= 15 is 0 Å². The van der Waals surface area contributed by atoms with Crippen LogP contribution in [0, 0.1) is 10.1 Å². The van der Waals surface area contributed by atoms with Gasteiger partial charge in [0.1, 0.15) is 0 Å². The number of nitrogens with zero attached hydrogens (tertiary/aromatic N) is 2. The summed E-state index contributed by atoms with van der Waals surface area (Å²) in [6.45, 7) is 3.71. The first-order chi connectivity index (χ1) is 9.47. The predicted octanol–water partition coefficient (Wildman–Crippen LogP) is 2.64. The molecule has 0 amide bonds. The minimum Gasteiger partial charge on any atom is -0.388 e. The Morgan fingerprint density at radius 3 is 2.80 bits per heavy atom. The summed E-state index contributed by atoms with van der Waals surface area (Å²) in [6, 6.07) is 5.11. The summed E-state index contributed by atoms with van der Waals surface area (Å²) in [5, 5.41) is 14.0. The van der Waals surface area contributed by atoms with Crippen molar-refractivity contribution in [2.75, 3.05) is 37.5 Å². The number of piperidine rings is 1. The van der Waals surface area contributed by atoms with Gasteiger partial charge in [0.25, 0.3) is 5.69 Å². The van der Waals surface area contributed by atoms with Crippen molar-refractivity contribution in [2.45, 2.75) is 25.4 Å². The Kier molecular flexibility index (Phi) is 4.13. The van der Waals surface area contributed by atoms with Gasteiger partial charge in [0, 0.05) is 50.8 Å². The highest BCUT2D eigenvalue weighted by atomic mass is 16.6. The Bertz CT molecular complexity index is 506. The van der Waals surface area contributed by atoms with E-state index in [9.17, 15) is 10.1 Å². The Hall–Kier alpha value is -1.82. The molecule has 1 aliphatic heterocycles. The lowest BCUT2D eigenvalue weighted by Crippen LogP contribution is -2.47. The van der Waals surface area contributed by atoms with Crippen LogP contribution >= 0.6 is 0 Å². The van der Waals surface area contributed by atoms with Crippen LogP contribution in [0.25, 0.3) is 0 Å². The topological polar surface area (TPSA) is 67.6 Å². The molecule has 6 heteroatoms. The minimum absolute atomic E-state index is 0.108. The maximum absolute atomic E-state index is 11.0. The van der Waals surface area contributed by atoms with Gasteiger partial charge < -0.3 is 15.0 Å². The molecule has 6 nitrogen and oxygen atoms in total. The molecule has 1 aromatic carbocycles. The van der Waals surface area contributed by atoms with Crippen LogP contribution in [-0.4, -0.2) is 37.8 Å². The number of nitro benzene ring substituents is 1. The lowest BCUT2D eigenvalue weighted by Gasteiger charge is -2.40. The van der Waals surface area contributed by atoms with Crippen molar-refractivity contribution in [1.82, 2.24) is 0 Å². The zero-order valence-electron chi connectivity index (χ0n) is 12.2. The monoisotopic (exact) mass is 279 g/mol. The molecule has 0 bridgehead atoms. The van der Waals surface area contributed by atoms with E-state index in [1.165, 1.54) is 0 Å². The molecule has 1 unspecified atom stereocenters. The van der Waals surface area contributed by atoms with Gasteiger partial charge in [0.15, 0.2) is 0 Å². The summed E-state index contributed by atoms with van der Waals surface area (Å²) >= 11 is 0. The standard InChI is InChI=1S/C14H21N3O3/c1-14(20-3)5-4-6-16(10-14)12-7-11(15-2)8-13(9-12)17(18)19/h7-9,15H,4-6,10H2,1-3H3. The highest BCUT2D eigenvalue weighted by Gasteiger charge is 2.31. The number of nitrogens with one attached hydrogen (secondary N) is 1. The van der Waals surface area contributed by atoms with Crippen molar-refractivity contribution in [3.05, 3.63) is 28.3 Å². The number of benzene rings is 1. The molecule has 110 valence electrons. The second-order valence-corrected chi connectivity index (χ2v) is 5.42. The second kappa shape index (κ2) is 5.66. The van der Waals surface area contributed by atoms with Crippen LogP contribution in [-0.2, 0) is 4.74 Å². The maximum atomic E-state index is 11.0. The molecule has 1 aliphatic rings. The van der Waals surface area contributed by atoms with E-state index in [0.29, 0.717) is 0 Å². The first kappa shape index (κ1) is 14.6. The van der Waals surface area contributed by atoms with E-state index in [0.717, 1.165) is 37.3 Å². The van der Waals surface area contributed by atoms with Crippen LogP contribution < -0.4 is 10.2 Å². The Morgan fingerprint density at radius 1 is 1.45 bits per heavy atom. The van der Waals surface area contributed by atoms with Gasteiger partial charge in [-0.1, -0.05) is 0 Å². The second-order valence-electron chi connectivity index (χ2n) is 5.42. The SMILES string of the molecule is CNc1cc(N2CCCC(C)(OC)C2)cc([N+](=O)[O-])c1. The number of hydrogen-bond donors (Lipinski definition) is 1. The van der Waals surface area contributed by atoms with Gasteiger partial charge >= 0.3 is 0 Å². The van der Waals surface area contributed by atoms with Crippen LogP contribution in [0.2, 0.25) is 0 Å². The van der Waals surface area contributed by atoms with Crippen molar-refractivity contribution >= 4 is 17.1 Å². The van der Waals surface area contributed by atoms with E-state index in [4.69, 9.17) is 4.74 Å². The van der Waals surface area contributed by atoms with E-state index in [-0.39, 0.29) is 16.2 Å². The average Bonchev–Trinajstić information content (AvgIpc) is 2.46. The summed E-state index contributed by atoms with van der Waals surface area (Å²) in [4.78, 5) is 12.8. The van der Waals surface area contributed by atoms with Crippen molar-refractivity contribution in [3.63, 3.8) is 0 Å². The summed E-state index contributed by atoms with van der Waals surface area (Å²) in [5.74, 6) is 0. The summed E-state index contributed by atoms with van der Waals surface area (Å²) in [5.41, 5.74) is 1.53. The lowest BCUT2D eigenvalue weighted by atomic mass is 9.94. The zero-order valence-corrected chi connectivity index (χ0v) is 12.2. The number of rotatable bonds is 4. The molecule has 0 saturated carbocycles. The van der Waals surface area contributed by atoms with Crippen LogP contribution in [0.1, 0.15) is 19.8 Å². The maximum Gasteiger partial charge on any atom is 0.273 e. The van der Waals surface area contributed by atoms with Gasteiger partial charge in [-0.05, 0) is 25.8 Å². The van der Waals surface area contributed by atoms with E-state index in [1.54, 1.807) is 26.3 Å². The molecule has 1 heterocycles. The van der Waals surface area contributed by atoms with Crippen molar-refractivity contribution in [1.29, 1.82) is 0 Å². The van der Waals surface area contributed by atoms with Crippen LogP contribution in [0.3, 0.4) is 0 Å². The number of ether oxygens (including phenoxy) is 1. The number of hydrogen-bond acceptors (Lipinski definition) is 5. The molecule has 1 aromatic rings. The van der Waals surface area contributed by atoms with Crippen LogP contribution in [0.5, 0.6) is 0 Å².